The molecule has 4 rings (SSSR count). The number of benzene rings is 2. The molecule has 1 N–H and O–H groups in total. The van der Waals surface area contributed by atoms with Crippen LogP contribution in [0.3, 0.4) is 0 Å². The fraction of sp³-hybridized carbons (Fsp3) is 0.533. The van der Waals surface area contributed by atoms with Crippen molar-refractivity contribution >= 4 is 27.5 Å². The van der Waals surface area contributed by atoms with Gasteiger partial charge in [0.2, 0.25) is 21.8 Å². The molecule has 1 heterocycles. The molecule has 224 valence electrons. The van der Waals surface area contributed by atoms with Gasteiger partial charge in [0.1, 0.15) is 25.0 Å². The van der Waals surface area contributed by atoms with Gasteiger partial charge in [-0.15, -0.1) is 0 Å². The van der Waals surface area contributed by atoms with E-state index in [4.69, 9.17) is 14.2 Å². The van der Waals surface area contributed by atoms with Crippen molar-refractivity contribution in [3.8, 4) is 17.2 Å². The molecule has 1 atom stereocenters. The molecule has 11 heteroatoms. The van der Waals surface area contributed by atoms with Crippen LogP contribution < -0.4 is 23.8 Å². The molecule has 2 amide bonds. The molecule has 41 heavy (non-hydrogen) atoms. The Kier molecular flexibility index (Phi) is 10.4. The van der Waals surface area contributed by atoms with E-state index < -0.39 is 16.1 Å². The van der Waals surface area contributed by atoms with Crippen LogP contribution in [0.1, 0.15) is 57.4 Å². The van der Waals surface area contributed by atoms with Crippen molar-refractivity contribution in [3.63, 3.8) is 0 Å². The van der Waals surface area contributed by atoms with Crippen LogP contribution in [0.5, 0.6) is 17.2 Å². The largest absolute Gasteiger partial charge is 0.497 e. The molecule has 0 spiro atoms. The highest BCUT2D eigenvalue weighted by atomic mass is 32.2. The maximum absolute atomic E-state index is 13.6. The minimum atomic E-state index is -3.63. The molecule has 2 aliphatic rings. The van der Waals surface area contributed by atoms with Gasteiger partial charge in [-0.25, -0.2) is 8.42 Å². The van der Waals surface area contributed by atoms with E-state index >= 15 is 0 Å². The van der Waals surface area contributed by atoms with Crippen LogP contribution in [-0.2, 0) is 26.2 Å². The minimum absolute atomic E-state index is 0.0772. The smallest absolute Gasteiger partial charge is 0.242 e. The minimum Gasteiger partial charge on any atom is -0.497 e. The SMILES string of the molecule is COc1ccc(CN(C(=O)CCCN(c2ccc3c(c2)OCCO3)S(C)(=O)=O)[C@@H](C)C(=O)NC2CCCCC2)cc1. The average Bonchev–Trinajstić information content (AvgIpc) is 2.97. The Bertz CT molecular complexity index is 1290. The number of ether oxygens (including phenoxy) is 3. The number of carbonyl (C=O) groups is 2. The highest BCUT2D eigenvalue weighted by Gasteiger charge is 2.29. The van der Waals surface area contributed by atoms with Crippen LogP contribution in [0.4, 0.5) is 5.69 Å². The zero-order chi connectivity index (χ0) is 29.4. The van der Waals surface area contributed by atoms with Crippen LogP contribution in [0, 0.1) is 0 Å². The zero-order valence-electron chi connectivity index (χ0n) is 24.1. The third kappa shape index (κ3) is 8.28. The summed E-state index contributed by atoms with van der Waals surface area (Å²) in [6.45, 7) is 2.93. The quantitative estimate of drug-likeness (QED) is 0.401. The van der Waals surface area contributed by atoms with Crippen LogP contribution in [0.25, 0.3) is 0 Å². The maximum Gasteiger partial charge on any atom is 0.242 e. The van der Waals surface area contributed by atoms with E-state index in [1.165, 1.54) is 10.7 Å². The Hall–Kier alpha value is -3.47. The lowest BCUT2D eigenvalue weighted by Crippen LogP contribution is -2.50. The highest BCUT2D eigenvalue weighted by Crippen LogP contribution is 2.35. The molecule has 0 unspecified atom stereocenters. The molecular weight excluding hydrogens is 546 g/mol. The summed E-state index contributed by atoms with van der Waals surface area (Å²) in [4.78, 5) is 28.4. The Balaban J connectivity index is 1.45. The number of fused-ring (bicyclic) bond motifs is 1. The molecule has 2 aromatic rings. The van der Waals surface area contributed by atoms with Gasteiger partial charge in [-0.2, -0.15) is 0 Å². The molecule has 2 aromatic carbocycles. The molecule has 0 radical (unpaired) electrons. The molecule has 10 nitrogen and oxygen atoms in total. The molecular formula is C30H41N3O7S. The summed E-state index contributed by atoms with van der Waals surface area (Å²) < 4.78 is 43.1. The van der Waals surface area contributed by atoms with Gasteiger partial charge in [-0.05, 0) is 56.0 Å². The summed E-state index contributed by atoms with van der Waals surface area (Å²) in [5, 5.41) is 3.14. The summed E-state index contributed by atoms with van der Waals surface area (Å²) in [5.74, 6) is 1.37. The number of methoxy groups -OCH3 is 1. The number of anilines is 1. The fourth-order valence-electron chi connectivity index (χ4n) is 5.27. The fourth-order valence-corrected chi connectivity index (χ4v) is 6.23. The summed E-state index contributed by atoms with van der Waals surface area (Å²) in [7, 11) is -2.04. The molecule has 1 aliphatic heterocycles. The third-order valence-electron chi connectivity index (χ3n) is 7.60. The molecule has 0 aromatic heterocycles. The predicted octanol–water partition coefficient (Wildman–Crippen LogP) is 3.88. The Morgan fingerprint density at radius 3 is 2.37 bits per heavy atom. The van der Waals surface area contributed by atoms with Gasteiger partial charge < -0.3 is 24.4 Å². The van der Waals surface area contributed by atoms with E-state index in [-0.39, 0.29) is 43.8 Å². The van der Waals surface area contributed by atoms with Crippen molar-refractivity contribution in [1.29, 1.82) is 0 Å². The Morgan fingerprint density at radius 2 is 1.71 bits per heavy atom. The van der Waals surface area contributed by atoms with Gasteiger partial charge in [-0.1, -0.05) is 31.4 Å². The molecule has 0 saturated heterocycles. The van der Waals surface area contributed by atoms with E-state index in [9.17, 15) is 18.0 Å². The zero-order valence-corrected chi connectivity index (χ0v) is 25.0. The van der Waals surface area contributed by atoms with Gasteiger partial charge in [-0.3, -0.25) is 13.9 Å². The van der Waals surface area contributed by atoms with Gasteiger partial charge >= 0.3 is 0 Å². The number of hydrogen-bond donors (Lipinski definition) is 1. The van der Waals surface area contributed by atoms with E-state index in [1.54, 1.807) is 37.1 Å². The number of amides is 2. The van der Waals surface area contributed by atoms with Crippen molar-refractivity contribution in [2.45, 2.75) is 70.5 Å². The second-order valence-electron chi connectivity index (χ2n) is 10.7. The normalized spacial score (nSPS) is 16.0. The Labute approximate surface area is 243 Å². The average molecular weight is 588 g/mol. The van der Waals surface area contributed by atoms with Gasteiger partial charge in [0, 0.05) is 31.6 Å². The van der Waals surface area contributed by atoms with Crippen LogP contribution in [-0.4, -0.2) is 70.3 Å². The first kappa shape index (κ1) is 30.5. The first-order valence-corrected chi connectivity index (χ1v) is 16.1. The van der Waals surface area contributed by atoms with Crippen LogP contribution in [0.15, 0.2) is 42.5 Å². The lowest BCUT2D eigenvalue weighted by molar-refractivity contribution is -0.141. The second kappa shape index (κ2) is 13.9. The standard InChI is InChI=1S/C30H41N3O7S/c1-22(30(35)31-24-8-5-4-6-9-24)32(21-23-11-14-26(38-2)15-12-23)29(34)10-7-17-33(41(3,36)37)25-13-16-27-28(20-25)40-19-18-39-27/h11-16,20,22,24H,4-10,17-19,21H2,1-3H3,(H,31,35)/t22-/m0/s1. The lowest BCUT2D eigenvalue weighted by atomic mass is 9.95. The van der Waals surface area contributed by atoms with Gasteiger partial charge in [0.25, 0.3) is 0 Å². The first-order valence-electron chi connectivity index (χ1n) is 14.3. The third-order valence-corrected chi connectivity index (χ3v) is 8.79. The predicted molar refractivity (Wildman–Crippen MR) is 157 cm³/mol. The number of hydrogen-bond acceptors (Lipinski definition) is 7. The molecule has 0 bridgehead atoms. The van der Waals surface area contributed by atoms with Gasteiger partial charge in [0.15, 0.2) is 11.5 Å². The Morgan fingerprint density at radius 1 is 1.02 bits per heavy atom. The van der Waals surface area contributed by atoms with Crippen molar-refractivity contribution in [3.05, 3.63) is 48.0 Å². The monoisotopic (exact) mass is 587 g/mol. The van der Waals surface area contributed by atoms with Crippen LogP contribution >= 0.6 is 0 Å². The summed E-state index contributed by atoms with van der Waals surface area (Å²) >= 11 is 0. The van der Waals surface area contributed by atoms with Crippen molar-refractivity contribution < 1.29 is 32.2 Å². The number of nitrogens with one attached hydrogen (secondary N) is 1. The number of nitrogens with zero attached hydrogens (tertiary/aromatic N) is 2. The van der Waals surface area contributed by atoms with E-state index in [0.717, 1.165) is 37.5 Å². The second-order valence-corrected chi connectivity index (χ2v) is 12.6. The van der Waals surface area contributed by atoms with Crippen molar-refractivity contribution in [1.82, 2.24) is 10.2 Å². The lowest BCUT2D eigenvalue weighted by Gasteiger charge is -2.31. The summed E-state index contributed by atoms with van der Waals surface area (Å²) in [6, 6.07) is 11.8. The number of sulfonamides is 1. The molecule has 1 fully saturated rings. The van der Waals surface area contributed by atoms with Gasteiger partial charge in [0.05, 0.1) is 19.1 Å². The molecule has 1 aliphatic carbocycles. The van der Waals surface area contributed by atoms with Crippen molar-refractivity contribution in [2.24, 2.45) is 0 Å². The maximum atomic E-state index is 13.6. The number of carbonyl (C=O) groups excluding carboxylic acids is 2. The van der Waals surface area contributed by atoms with Crippen molar-refractivity contribution in [2.75, 3.05) is 37.4 Å². The van der Waals surface area contributed by atoms with Crippen LogP contribution in [0.2, 0.25) is 0 Å². The first-order chi connectivity index (χ1) is 19.7. The molecule has 1 saturated carbocycles. The summed E-state index contributed by atoms with van der Waals surface area (Å²) in [6.07, 6.45) is 6.75. The summed E-state index contributed by atoms with van der Waals surface area (Å²) in [5.41, 5.74) is 1.31. The highest BCUT2D eigenvalue weighted by molar-refractivity contribution is 7.92. The van der Waals surface area contributed by atoms with E-state index in [1.807, 2.05) is 24.3 Å². The van der Waals surface area contributed by atoms with E-state index in [0.29, 0.717) is 36.1 Å². The topological polar surface area (TPSA) is 114 Å². The number of rotatable bonds is 12. The van der Waals surface area contributed by atoms with E-state index in [2.05, 4.69) is 5.32 Å².